The molecule has 0 unspecified atom stereocenters. The zero-order valence-electron chi connectivity index (χ0n) is 13.6. The van der Waals surface area contributed by atoms with Crippen molar-refractivity contribution < 1.29 is 24.0 Å². The molecule has 1 N–H and O–H groups in total. The molecule has 1 fully saturated rings. The number of benzene rings is 1. The second-order valence-electron chi connectivity index (χ2n) is 5.63. The molecule has 1 heterocycles. The molecule has 0 bridgehead atoms. The first-order valence-corrected chi connectivity index (χ1v) is 9.09. The lowest BCUT2D eigenvalue weighted by Crippen LogP contribution is -2.31. The smallest absolute Gasteiger partial charge is 0.333 e. The maximum absolute atomic E-state index is 11.7. The number of nitrogens with one attached hydrogen (secondary N) is 1. The van der Waals surface area contributed by atoms with Crippen LogP contribution in [-0.2, 0) is 37.0 Å². The molecule has 1 aliphatic rings. The summed E-state index contributed by atoms with van der Waals surface area (Å²) in [6.07, 6.45) is 1.53. The highest BCUT2D eigenvalue weighted by molar-refractivity contribution is 9.09. The molecular weight excluding hydrogens is 392 g/mol. The molecule has 25 heavy (non-hydrogen) atoms. The minimum atomic E-state index is -0.585. The first-order chi connectivity index (χ1) is 12.0. The zero-order valence-corrected chi connectivity index (χ0v) is 15.2. The standard InChI is InChI=1S/C17H19BrN2O5/c18-10-14(21)19-11-13-6-4-12(5-7-13)2-1-3-17(24)25-20-15(22)8-9-16(20)23/h4-7H,1-3,8-11H2,(H,19,21). The molecule has 1 aliphatic heterocycles. The Hall–Kier alpha value is -2.22. The summed E-state index contributed by atoms with van der Waals surface area (Å²) in [6, 6.07) is 7.72. The summed E-state index contributed by atoms with van der Waals surface area (Å²) in [5, 5.41) is 3.60. The Bertz CT molecular complexity index is 644. The Labute approximate surface area is 153 Å². The lowest BCUT2D eigenvalue weighted by Gasteiger charge is -2.12. The third-order valence-corrected chi connectivity index (χ3v) is 4.19. The van der Waals surface area contributed by atoms with E-state index in [9.17, 15) is 19.2 Å². The van der Waals surface area contributed by atoms with Crippen LogP contribution in [0, 0.1) is 0 Å². The van der Waals surface area contributed by atoms with Gasteiger partial charge in [-0.05, 0) is 24.0 Å². The molecule has 1 aromatic rings. The van der Waals surface area contributed by atoms with E-state index in [-0.39, 0.29) is 30.5 Å². The molecule has 8 heteroatoms. The quantitative estimate of drug-likeness (QED) is 0.519. The molecule has 0 saturated carbocycles. The Morgan fingerprint density at radius 3 is 2.28 bits per heavy atom. The van der Waals surface area contributed by atoms with Crippen LogP contribution >= 0.6 is 15.9 Å². The molecule has 1 aromatic carbocycles. The van der Waals surface area contributed by atoms with Crippen LogP contribution in [0.1, 0.15) is 36.8 Å². The predicted molar refractivity (Wildman–Crippen MR) is 92.2 cm³/mol. The van der Waals surface area contributed by atoms with Crippen molar-refractivity contribution in [1.29, 1.82) is 0 Å². The minimum absolute atomic E-state index is 0.0717. The van der Waals surface area contributed by atoms with E-state index in [1.54, 1.807) is 0 Å². The van der Waals surface area contributed by atoms with Crippen LogP contribution in [0.4, 0.5) is 0 Å². The molecule has 3 amide bonds. The molecule has 0 radical (unpaired) electrons. The highest BCUT2D eigenvalue weighted by Crippen LogP contribution is 2.14. The van der Waals surface area contributed by atoms with Crippen LogP contribution in [0.25, 0.3) is 0 Å². The molecule has 2 rings (SSSR count). The number of nitrogens with zero attached hydrogens (tertiary/aromatic N) is 1. The lowest BCUT2D eigenvalue weighted by molar-refractivity contribution is -0.197. The Morgan fingerprint density at radius 2 is 1.68 bits per heavy atom. The Kier molecular flexibility index (Phi) is 7.12. The maximum Gasteiger partial charge on any atom is 0.333 e. The fourth-order valence-corrected chi connectivity index (χ4v) is 2.51. The number of hydroxylamine groups is 2. The van der Waals surface area contributed by atoms with Gasteiger partial charge in [-0.3, -0.25) is 14.4 Å². The van der Waals surface area contributed by atoms with Gasteiger partial charge in [0.1, 0.15) is 0 Å². The largest absolute Gasteiger partial charge is 0.351 e. The van der Waals surface area contributed by atoms with Crippen LogP contribution in [0.15, 0.2) is 24.3 Å². The number of rotatable bonds is 8. The fraction of sp³-hybridized carbons (Fsp3) is 0.412. The van der Waals surface area contributed by atoms with Crippen molar-refractivity contribution in [2.24, 2.45) is 0 Å². The van der Waals surface area contributed by atoms with Gasteiger partial charge in [-0.25, -0.2) is 4.79 Å². The summed E-state index contributed by atoms with van der Waals surface area (Å²) >= 11 is 3.08. The van der Waals surface area contributed by atoms with Gasteiger partial charge in [0.05, 0.1) is 5.33 Å². The van der Waals surface area contributed by atoms with Gasteiger partial charge in [-0.1, -0.05) is 40.2 Å². The summed E-state index contributed by atoms with van der Waals surface area (Å²) in [5.74, 6) is -1.60. The van der Waals surface area contributed by atoms with Crippen molar-refractivity contribution in [2.75, 3.05) is 5.33 Å². The molecule has 134 valence electrons. The van der Waals surface area contributed by atoms with Gasteiger partial charge >= 0.3 is 5.97 Å². The van der Waals surface area contributed by atoms with Crippen molar-refractivity contribution in [3.05, 3.63) is 35.4 Å². The highest BCUT2D eigenvalue weighted by atomic mass is 79.9. The number of aryl methyl sites for hydroxylation is 1. The molecule has 0 aromatic heterocycles. The third-order valence-electron chi connectivity index (χ3n) is 3.68. The molecule has 1 saturated heterocycles. The van der Waals surface area contributed by atoms with Crippen molar-refractivity contribution in [3.63, 3.8) is 0 Å². The summed E-state index contributed by atoms with van der Waals surface area (Å²) in [4.78, 5) is 50.4. The number of carbonyl (C=O) groups is 4. The van der Waals surface area contributed by atoms with Crippen LogP contribution in [0.3, 0.4) is 0 Å². The van der Waals surface area contributed by atoms with Crippen molar-refractivity contribution in [3.8, 4) is 0 Å². The van der Waals surface area contributed by atoms with Crippen LogP contribution in [0.5, 0.6) is 0 Å². The van der Waals surface area contributed by atoms with Crippen LogP contribution < -0.4 is 5.32 Å². The third kappa shape index (κ3) is 5.97. The second-order valence-corrected chi connectivity index (χ2v) is 6.19. The van der Waals surface area contributed by atoms with E-state index in [2.05, 4.69) is 21.2 Å². The van der Waals surface area contributed by atoms with E-state index in [0.29, 0.717) is 24.4 Å². The number of hydrogen-bond donors (Lipinski definition) is 1. The Morgan fingerprint density at radius 1 is 1.08 bits per heavy atom. The second kappa shape index (κ2) is 9.31. The van der Waals surface area contributed by atoms with Gasteiger partial charge in [0.25, 0.3) is 11.8 Å². The van der Waals surface area contributed by atoms with E-state index in [4.69, 9.17) is 4.84 Å². The summed E-state index contributed by atoms with van der Waals surface area (Å²) < 4.78 is 0. The van der Waals surface area contributed by atoms with Gasteiger partial charge < -0.3 is 10.2 Å². The van der Waals surface area contributed by atoms with Crippen molar-refractivity contribution >= 4 is 39.6 Å². The van der Waals surface area contributed by atoms with Crippen LogP contribution in [0.2, 0.25) is 0 Å². The van der Waals surface area contributed by atoms with E-state index in [0.717, 1.165) is 11.1 Å². The zero-order chi connectivity index (χ0) is 18.2. The molecule has 0 atom stereocenters. The number of halogens is 1. The maximum atomic E-state index is 11.7. The topological polar surface area (TPSA) is 92.8 Å². The molecule has 0 spiro atoms. The molecular formula is C17H19BrN2O5. The van der Waals surface area contributed by atoms with Gasteiger partial charge in [0, 0.05) is 25.8 Å². The molecule has 7 nitrogen and oxygen atoms in total. The van der Waals surface area contributed by atoms with Crippen molar-refractivity contribution in [1.82, 2.24) is 10.4 Å². The predicted octanol–water partition coefficient (Wildman–Crippen LogP) is 1.63. The first kappa shape index (κ1) is 19.1. The normalized spacial score (nSPS) is 13.9. The van der Waals surface area contributed by atoms with Gasteiger partial charge in [-0.2, -0.15) is 0 Å². The number of amides is 3. The lowest BCUT2D eigenvalue weighted by atomic mass is 10.1. The van der Waals surface area contributed by atoms with Gasteiger partial charge in [0.15, 0.2) is 0 Å². The SMILES string of the molecule is O=C(CBr)NCc1ccc(CCCC(=O)ON2C(=O)CCC2=O)cc1. The average Bonchev–Trinajstić information content (AvgIpc) is 2.92. The Balaban J connectivity index is 1.70. The van der Waals surface area contributed by atoms with Gasteiger partial charge in [-0.15, -0.1) is 5.06 Å². The fourth-order valence-electron chi connectivity index (χ4n) is 2.31. The van der Waals surface area contributed by atoms with E-state index in [1.807, 2.05) is 24.3 Å². The number of carbonyl (C=O) groups excluding carboxylic acids is 4. The minimum Gasteiger partial charge on any atom is -0.351 e. The van der Waals surface area contributed by atoms with Crippen molar-refractivity contribution in [2.45, 2.75) is 38.6 Å². The summed E-state index contributed by atoms with van der Waals surface area (Å²) in [5.41, 5.74) is 2.04. The summed E-state index contributed by atoms with van der Waals surface area (Å²) in [6.45, 7) is 0.467. The first-order valence-electron chi connectivity index (χ1n) is 7.96. The van der Waals surface area contributed by atoms with Crippen LogP contribution in [-0.4, -0.2) is 34.1 Å². The highest BCUT2D eigenvalue weighted by Gasteiger charge is 2.32. The van der Waals surface area contributed by atoms with E-state index >= 15 is 0 Å². The van der Waals surface area contributed by atoms with E-state index < -0.39 is 17.8 Å². The molecule has 0 aliphatic carbocycles. The van der Waals surface area contributed by atoms with Gasteiger partial charge in [0.2, 0.25) is 5.91 Å². The number of hydrogen-bond acceptors (Lipinski definition) is 5. The number of alkyl halides is 1. The van der Waals surface area contributed by atoms with E-state index in [1.165, 1.54) is 0 Å². The monoisotopic (exact) mass is 410 g/mol. The number of imide groups is 1. The summed E-state index contributed by atoms with van der Waals surface area (Å²) in [7, 11) is 0. The average molecular weight is 411 g/mol.